The Morgan fingerprint density at radius 2 is 1.81 bits per heavy atom. The molecule has 0 aromatic heterocycles. The van der Waals surface area contributed by atoms with E-state index in [1.807, 2.05) is 35.2 Å². The van der Waals surface area contributed by atoms with E-state index in [1.54, 1.807) is 0 Å². The van der Waals surface area contributed by atoms with E-state index in [0.717, 1.165) is 18.7 Å². The van der Waals surface area contributed by atoms with Crippen molar-refractivity contribution in [3.8, 4) is 0 Å². The molecule has 0 spiro atoms. The van der Waals surface area contributed by atoms with Gasteiger partial charge in [-0.3, -0.25) is 4.79 Å². The second-order valence-electron chi connectivity index (χ2n) is 6.76. The smallest absolute Gasteiger partial charge is 0.253 e. The van der Waals surface area contributed by atoms with Crippen LogP contribution >= 0.6 is 0 Å². The highest BCUT2D eigenvalue weighted by Gasteiger charge is 2.30. The van der Waals surface area contributed by atoms with Crippen molar-refractivity contribution in [3.05, 3.63) is 35.9 Å². The summed E-state index contributed by atoms with van der Waals surface area (Å²) >= 11 is 0. The van der Waals surface area contributed by atoms with Crippen LogP contribution in [0.2, 0.25) is 0 Å². The SMILES string of the molecule is CC1CC(NC2CCCC2)CN(C(=O)c2ccccc2)C1. The van der Waals surface area contributed by atoms with E-state index in [0.29, 0.717) is 18.0 Å². The summed E-state index contributed by atoms with van der Waals surface area (Å²) in [5.74, 6) is 0.755. The predicted molar refractivity (Wildman–Crippen MR) is 85.3 cm³/mol. The number of carbonyl (C=O) groups excluding carboxylic acids is 1. The minimum Gasteiger partial charge on any atom is -0.337 e. The first kappa shape index (κ1) is 14.6. The fraction of sp³-hybridized carbons (Fsp3) is 0.611. The van der Waals surface area contributed by atoms with Crippen molar-refractivity contribution < 1.29 is 4.79 Å². The lowest BCUT2D eigenvalue weighted by Crippen LogP contribution is -2.52. The Kier molecular flexibility index (Phi) is 4.59. The molecule has 21 heavy (non-hydrogen) atoms. The van der Waals surface area contributed by atoms with Crippen LogP contribution in [0.5, 0.6) is 0 Å². The van der Waals surface area contributed by atoms with Crippen LogP contribution < -0.4 is 5.32 Å². The highest BCUT2D eigenvalue weighted by molar-refractivity contribution is 5.94. The molecule has 1 N–H and O–H groups in total. The summed E-state index contributed by atoms with van der Waals surface area (Å²) in [7, 11) is 0. The van der Waals surface area contributed by atoms with Gasteiger partial charge in [0.1, 0.15) is 0 Å². The van der Waals surface area contributed by atoms with Gasteiger partial charge in [0.2, 0.25) is 0 Å². The van der Waals surface area contributed by atoms with Crippen molar-refractivity contribution in [1.29, 1.82) is 0 Å². The molecule has 1 amide bonds. The molecular weight excluding hydrogens is 260 g/mol. The van der Waals surface area contributed by atoms with Gasteiger partial charge in [-0.05, 0) is 37.3 Å². The summed E-state index contributed by atoms with van der Waals surface area (Å²) in [6, 6.07) is 10.8. The standard InChI is InChI=1S/C18H26N2O/c1-14-11-17(19-16-9-5-6-10-16)13-20(12-14)18(21)15-7-3-2-4-8-15/h2-4,7-8,14,16-17,19H,5-6,9-13H2,1H3. The quantitative estimate of drug-likeness (QED) is 0.926. The van der Waals surface area contributed by atoms with Crippen LogP contribution in [0.4, 0.5) is 0 Å². The van der Waals surface area contributed by atoms with Gasteiger partial charge < -0.3 is 10.2 Å². The Morgan fingerprint density at radius 3 is 2.52 bits per heavy atom. The van der Waals surface area contributed by atoms with Gasteiger partial charge in [0.15, 0.2) is 0 Å². The zero-order valence-corrected chi connectivity index (χ0v) is 12.9. The molecule has 114 valence electrons. The van der Waals surface area contributed by atoms with Crippen molar-refractivity contribution in [2.24, 2.45) is 5.92 Å². The second-order valence-corrected chi connectivity index (χ2v) is 6.76. The number of nitrogens with one attached hydrogen (secondary N) is 1. The maximum Gasteiger partial charge on any atom is 0.253 e. The lowest BCUT2D eigenvalue weighted by molar-refractivity contribution is 0.0633. The normalized spacial score (nSPS) is 27.0. The molecule has 1 saturated carbocycles. The molecule has 0 bridgehead atoms. The molecule has 1 aromatic rings. The number of likely N-dealkylation sites (tertiary alicyclic amines) is 1. The monoisotopic (exact) mass is 286 g/mol. The van der Waals surface area contributed by atoms with Crippen molar-refractivity contribution >= 4 is 5.91 Å². The minimum atomic E-state index is 0.181. The van der Waals surface area contributed by atoms with Crippen LogP contribution in [-0.4, -0.2) is 36.0 Å². The first-order valence-electron chi connectivity index (χ1n) is 8.33. The summed E-state index contributed by atoms with van der Waals surface area (Å²) in [6.07, 6.45) is 6.50. The Bertz CT molecular complexity index is 467. The first-order valence-corrected chi connectivity index (χ1v) is 8.33. The molecule has 1 heterocycles. The summed E-state index contributed by atoms with van der Waals surface area (Å²) in [4.78, 5) is 14.7. The number of piperidine rings is 1. The van der Waals surface area contributed by atoms with Gasteiger partial charge in [0, 0.05) is 30.7 Å². The van der Waals surface area contributed by atoms with E-state index in [-0.39, 0.29) is 5.91 Å². The Hall–Kier alpha value is -1.35. The molecule has 3 nitrogen and oxygen atoms in total. The van der Waals surface area contributed by atoms with E-state index in [2.05, 4.69) is 12.2 Å². The molecule has 1 saturated heterocycles. The summed E-state index contributed by atoms with van der Waals surface area (Å²) in [5, 5.41) is 3.79. The average Bonchev–Trinajstić information content (AvgIpc) is 2.99. The number of carbonyl (C=O) groups is 1. The summed E-state index contributed by atoms with van der Waals surface area (Å²) < 4.78 is 0. The molecule has 0 radical (unpaired) electrons. The van der Waals surface area contributed by atoms with Crippen molar-refractivity contribution in [1.82, 2.24) is 10.2 Å². The maximum atomic E-state index is 12.6. The molecular formula is C18H26N2O. The highest BCUT2D eigenvalue weighted by atomic mass is 16.2. The fourth-order valence-electron chi connectivity index (χ4n) is 3.83. The molecule has 1 aliphatic heterocycles. The van der Waals surface area contributed by atoms with Gasteiger partial charge in [-0.1, -0.05) is 38.0 Å². The van der Waals surface area contributed by atoms with Crippen LogP contribution in [0, 0.1) is 5.92 Å². The van der Waals surface area contributed by atoms with Gasteiger partial charge >= 0.3 is 0 Å². The molecule has 3 rings (SSSR count). The predicted octanol–water partition coefficient (Wildman–Crippen LogP) is 3.07. The molecule has 3 heteroatoms. The average molecular weight is 286 g/mol. The van der Waals surface area contributed by atoms with Gasteiger partial charge in [-0.15, -0.1) is 0 Å². The number of hydrogen-bond donors (Lipinski definition) is 1. The van der Waals surface area contributed by atoms with Crippen LogP contribution in [0.3, 0.4) is 0 Å². The van der Waals surface area contributed by atoms with Crippen LogP contribution in [0.1, 0.15) is 49.4 Å². The maximum absolute atomic E-state index is 12.6. The van der Waals surface area contributed by atoms with Gasteiger partial charge in [-0.25, -0.2) is 0 Å². The van der Waals surface area contributed by atoms with Crippen LogP contribution in [-0.2, 0) is 0 Å². The number of hydrogen-bond acceptors (Lipinski definition) is 2. The molecule has 2 atom stereocenters. The third kappa shape index (κ3) is 3.65. The zero-order valence-electron chi connectivity index (χ0n) is 12.9. The Balaban J connectivity index is 1.63. The van der Waals surface area contributed by atoms with Gasteiger partial charge in [0.05, 0.1) is 0 Å². The third-order valence-electron chi connectivity index (χ3n) is 4.79. The third-order valence-corrected chi connectivity index (χ3v) is 4.79. The molecule has 1 aliphatic carbocycles. The Morgan fingerprint density at radius 1 is 1.10 bits per heavy atom. The van der Waals surface area contributed by atoms with Crippen molar-refractivity contribution in [3.63, 3.8) is 0 Å². The van der Waals surface area contributed by atoms with Crippen molar-refractivity contribution in [2.45, 2.75) is 51.1 Å². The van der Waals surface area contributed by atoms with E-state index in [4.69, 9.17) is 0 Å². The molecule has 2 unspecified atom stereocenters. The topological polar surface area (TPSA) is 32.3 Å². The number of nitrogens with zero attached hydrogens (tertiary/aromatic N) is 1. The minimum absolute atomic E-state index is 0.181. The Labute approximate surface area is 127 Å². The molecule has 1 aromatic carbocycles. The second kappa shape index (κ2) is 6.61. The van der Waals surface area contributed by atoms with E-state index >= 15 is 0 Å². The fourth-order valence-corrected chi connectivity index (χ4v) is 3.83. The van der Waals surface area contributed by atoms with Gasteiger partial charge in [-0.2, -0.15) is 0 Å². The zero-order chi connectivity index (χ0) is 14.7. The number of benzene rings is 1. The van der Waals surface area contributed by atoms with E-state index in [1.165, 1.54) is 32.1 Å². The summed E-state index contributed by atoms with van der Waals surface area (Å²) in [5.41, 5.74) is 0.811. The summed E-state index contributed by atoms with van der Waals surface area (Å²) in [6.45, 7) is 4.00. The van der Waals surface area contributed by atoms with E-state index in [9.17, 15) is 4.79 Å². The van der Waals surface area contributed by atoms with Gasteiger partial charge in [0.25, 0.3) is 5.91 Å². The first-order chi connectivity index (χ1) is 10.2. The largest absolute Gasteiger partial charge is 0.337 e. The van der Waals surface area contributed by atoms with Crippen molar-refractivity contribution in [2.75, 3.05) is 13.1 Å². The lowest BCUT2D eigenvalue weighted by Gasteiger charge is -2.38. The van der Waals surface area contributed by atoms with E-state index < -0.39 is 0 Å². The van der Waals surface area contributed by atoms with Crippen LogP contribution in [0.15, 0.2) is 30.3 Å². The molecule has 2 aliphatic rings. The van der Waals surface area contributed by atoms with Crippen LogP contribution in [0.25, 0.3) is 0 Å². The number of rotatable bonds is 3. The molecule has 2 fully saturated rings. The lowest BCUT2D eigenvalue weighted by atomic mass is 9.94. The highest BCUT2D eigenvalue weighted by Crippen LogP contribution is 2.23. The number of amides is 1.